The number of halogens is 1. The summed E-state index contributed by atoms with van der Waals surface area (Å²) >= 11 is 0. The van der Waals surface area contributed by atoms with E-state index in [0.717, 1.165) is 25.9 Å². The van der Waals surface area contributed by atoms with Crippen LogP contribution in [0, 0.1) is 11.7 Å². The summed E-state index contributed by atoms with van der Waals surface area (Å²) in [5.41, 5.74) is 0.652. The van der Waals surface area contributed by atoms with Crippen LogP contribution in [-0.4, -0.2) is 25.5 Å². The first kappa shape index (κ1) is 13.0. The van der Waals surface area contributed by atoms with Crippen molar-refractivity contribution < 1.29 is 9.18 Å². The summed E-state index contributed by atoms with van der Waals surface area (Å²) < 4.78 is 13.3. The van der Waals surface area contributed by atoms with Gasteiger partial charge in [0.2, 0.25) is 5.91 Å². The van der Waals surface area contributed by atoms with Gasteiger partial charge in [0.25, 0.3) is 0 Å². The van der Waals surface area contributed by atoms with E-state index in [1.54, 1.807) is 12.1 Å². The highest BCUT2D eigenvalue weighted by Crippen LogP contribution is 2.10. The normalized spacial score (nSPS) is 19.5. The predicted molar refractivity (Wildman–Crippen MR) is 68.7 cm³/mol. The molecule has 1 aliphatic heterocycles. The van der Waals surface area contributed by atoms with Crippen molar-refractivity contribution in [3.05, 3.63) is 35.6 Å². The van der Waals surface area contributed by atoms with E-state index in [2.05, 4.69) is 10.6 Å². The smallest absolute Gasteiger partial charge is 0.224 e. The lowest BCUT2D eigenvalue weighted by atomic mass is 9.99. The molecule has 0 saturated carbocycles. The van der Waals surface area contributed by atoms with Crippen molar-refractivity contribution >= 4 is 5.91 Å². The molecule has 1 saturated heterocycles. The summed E-state index contributed by atoms with van der Waals surface area (Å²) in [5, 5.41) is 6.09. The van der Waals surface area contributed by atoms with E-state index in [-0.39, 0.29) is 17.6 Å². The molecule has 4 heteroatoms. The standard InChI is InChI=1S/C14H19FN2O/c15-13-6-2-1-4-11(13)7-9-17-14(18)12-5-3-8-16-10-12/h1-2,4,6,12,16H,3,5,7-10H2,(H,17,18). The molecular weight excluding hydrogens is 231 g/mol. The SMILES string of the molecule is O=C(NCCc1ccccc1F)C1CCCNC1. The molecule has 1 unspecified atom stereocenters. The summed E-state index contributed by atoms with van der Waals surface area (Å²) in [6, 6.07) is 6.68. The lowest BCUT2D eigenvalue weighted by Gasteiger charge is -2.21. The minimum Gasteiger partial charge on any atom is -0.355 e. The number of carbonyl (C=O) groups is 1. The predicted octanol–water partition coefficient (Wildman–Crippen LogP) is 1.48. The van der Waals surface area contributed by atoms with E-state index in [0.29, 0.717) is 18.5 Å². The van der Waals surface area contributed by atoms with Gasteiger partial charge in [0.1, 0.15) is 5.82 Å². The summed E-state index contributed by atoms with van der Waals surface area (Å²) in [4.78, 5) is 11.8. The number of piperidine rings is 1. The Hall–Kier alpha value is -1.42. The molecule has 2 rings (SSSR count). The molecule has 98 valence electrons. The van der Waals surface area contributed by atoms with Gasteiger partial charge in [-0.1, -0.05) is 18.2 Å². The lowest BCUT2D eigenvalue weighted by Crippen LogP contribution is -2.41. The summed E-state index contributed by atoms with van der Waals surface area (Å²) in [6.45, 7) is 2.25. The van der Waals surface area contributed by atoms with Crippen LogP contribution in [0.1, 0.15) is 18.4 Å². The van der Waals surface area contributed by atoms with Crippen LogP contribution in [0.5, 0.6) is 0 Å². The highest BCUT2D eigenvalue weighted by Gasteiger charge is 2.20. The summed E-state index contributed by atoms with van der Waals surface area (Å²) in [5.74, 6) is -0.0519. The number of nitrogens with one attached hydrogen (secondary N) is 2. The lowest BCUT2D eigenvalue weighted by molar-refractivity contribution is -0.125. The second-order valence-corrected chi connectivity index (χ2v) is 4.68. The first-order chi connectivity index (χ1) is 8.77. The van der Waals surface area contributed by atoms with E-state index in [4.69, 9.17) is 0 Å². The van der Waals surface area contributed by atoms with Gasteiger partial charge < -0.3 is 10.6 Å². The Morgan fingerprint density at radius 2 is 2.28 bits per heavy atom. The Labute approximate surface area is 107 Å². The van der Waals surface area contributed by atoms with Gasteiger partial charge in [0.05, 0.1) is 5.92 Å². The third-order valence-electron chi connectivity index (χ3n) is 3.32. The van der Waals surface area contributed by atoms with Crippen molar-refractivity contribution in [2.45, 2.75) is 19.3 Å². The van der Waals surface area contributed by atoms with Crippen molar-refractivity contribution in [2.75, 3.05) is 19.6 Å². The van der Waals surface area contributed by atoms with Gasteiger partial charge in [0, 0.05) is 13.1 Å². The van der Waals surface area contributed by atoms with Crippen molar-refractivity contribution in [3.8, 4) is 0 Å². The van der Waals surface area contributed by atoms with Crippen LogP contribution < -0.4 is 10.6 Å². The van der Waals surface area contributed by atoms with Gasteiger partial charge in [-0.3, -0.25) is 4.79 Å². The maximum atomic E-state index is 13.3. The Morgan fingerprint density at radius 1 is 1.44 bits per heavy atom. The van der Waals surface area contributed by atoms with Crippen LogP contribution >= 0.6 is 0 Å². The maximum Gasteiger partial charge on any atom is 0.224 e. The molecule has 0 aliphatic carbocycles. The average molecular weight is 250 g/mol. The fourth-order valence-corrected chi connectivity index (χ4v) is 2.24. The van der Waals surface area contributed by atoms with E-state index in [9.17, 15) is 9.18 Å². The molecule has 1 amide bonds. The third-order valence-corrected chi connectivity index (χ3v) is 3.32. The van der Waals surface area contributed by atoms with Crippen molar-refractivity contribution in [1.29, 1.82) is 0 Å². The molecule has 3 nitrogen and oxygen atoms in total. The summed E-state index contributed by atoms with van der Waals surface area (Å²) in [6.07, 6.45) is 2.53. The molecule has 0 aromatic heterocycles. The third kappa shape index (κ3) is 3.53. The first-order valence-corrected chi connectivity index (χ1v) is 6.49. The van der Waals surface area contributed by atoms with Crippen LogP contribution in [0.4, 0.5) is 4.39 Å². The number of rotatable bonds is 4. The Morgan fingerprint density at radius 3 is 3.00 bits per heavy atom. The second-order valence-electron chi connectivity index (χ2n) is 4.68. The van der Waals surface area contributed by atoms with Gasteiger partial charge in [-0.25, -0.2) is 4.39 Å². The topological polar surface area (TPSA) is 41.1 Å². The molecule has 0 radical (unpaired) electrons. The molecule has 1 atom stereocenters. The number of hydrogen-bond acceptors (Lipinski definition) is 2. The van der Waals surface area contributed by atoms with Crippen molar-refractivity contribution in [3.63, 3.8) is 0 Å². The van der Waals surface area contributed by atoms with Gasteiger partial charge in [-0.15, -0.1) is 0 Å². The number of carbonyl (C=O) groups excluding carboxylic acids is 1. The van der Waals surface area contributed by atoms with Gasteiger partial charge >= 0.3 is 0 Å². The fraction of sp³-hybridized carbons (Fsp3) is 0.500. The van der Waals surface area contributed by atoms with Crippen LogP contribution in [0.2, 0.25) is 0 Å². The highest BCUT2D eigenvalue weighted by atomic mass is 19.1. The molecule has 0 spiro atoms. The molecule has 18 heavy (non-hydrogen) atoms. The molecule has 2 N–H and O–H groups in total. The summed E-state index contributed by atoms with van der Waals surface area (Å²) in [7, 11) is 0. The quantitative estimate of drug-likeness (QED) is 0.850. The fourth-order valence-electron chi connectivity index (χ4n) is 2.24. The maximum absolute atomic E-state index is 13.3. The molecule has 1 aliphatic rings. The minimum atomic E-state index is -0.203. The molecule has 1 aromatic rings. The Bertz CT molecular complexity index is 403. The van der Waals surface area contributed by atoms with Gasteiger partial charge in [-0.2, -0.15) is 0 Å². The van der Waals surface area contributed by atoms with Crippen LogP contribution in [0.3, 0.4) is 0 Å². The van der Waals surface area contributed by atoms with E-state index >= 15 is 0 Å². The number of hydrogen-bond donors (Lipinski definition) is 2. The van der Waals surface area contributed by atoms with Gasteiger partial charge in [0.15, 0.2) is 0 Å². The zero-order chi connectivity index (χ0) is 12.8. The molecular formula is C14H19FN2O. The van der Waals surface area contributed by atoms with Crippen LogP contribution in [-0.2, 0) is 11.2 Å². The van der Waals surface area contributed by atoms with Crippen LogP contribution in [0.25, 0.3) is 0 Å². The van der Waals surface area contributed by atoms with E-state index in [1.165, 1.54) is 6.07 Å². The molecule has 1 fully saturated rings. The average Bonchev–Trinajstić information content (AvgIpc) is 2.42. The van der Waals surface area contributed by atoms with Crippen molar-refractivity contribution in [1.82, 2.24) is 10.6 Å². The number of benzene rings is 1. The zero-order valence-corrected chi connectivity index (χ0v) is 10.4. The minimum absolute atomic E-state index is 0.0689. The van der Waals surface area contributed by atoms with Gasteiger partial charge in [-0.05, 0) is 37.4 Å². The molecule has 0 bridgehead atoms. The van der Waals surface area contributed by atoms with Crippen LogP contribution in [0.15, 0.2) is 24.3 Å². The number of amides is 1. The monoisotopic (exact) mass is 250 g/mol. The van der Waals surface area contributed by atoms with E-state index < -0.39 is 0 Å². The Balaban J connectivity index is 1.75. The Kier molecular flexibility index (Phi) is 4.70. The molecule has 1 heterocycles. The van der Waals surface area contributed by atoms with Crippen molar-refractivity contribution in [2.24, 2.45) is 5.92 Å². The second kappa shape index (κ2) is 6.50. The van der Waals surface area contributed by atoms with E-state index in [1.807, 2.05) is 6.07 Å². The first-order valence-electron chi connectivity index (χ1n) is 6.49. The largest absolute Gasteiger partial charge is 0.355 e. The molecule has 1 aromatic carbocycles. The zero-order valence-electron chi connectivity index (χ0n) is 10.4. The highest BCUT2D eigenvalue weighted by molar-refractivity contribution is 5.78.